The molecule has 0 bridgehead atoms. The lowest BCUT2D eigenvalue weighted by Crippen LogP contribution is -2.49. The summed E-state index contributed by atoms with van der Waals surface area (Å²) in [7, 11) is -3.83. The zero-order valence-electron chi connectivity index (χ0n) is 16.6. The number of sulfone groups is 1. The van der Waals surface area contributed by atoms with Gasteiger partial charge in [-0.15, -0.1) is 0 Å². The first-order chi connectivity index (χ1) is 13.5. The molecule has 8 heteroatoms. The van der Waals surface area contributed by atoms with Gasteiger partial charge in [0.15, 0.2) is 9.84 Å². The fourth-order valence-electron chi connectivity index (χ4n) is 3.70. The number of amides is 1. The predicted molar refractivity (Wildman–Crippen MR) is 108 cm³/mol. The van der Waals surface area contributed by atoms with Crippen LogP contribution in [0.15, 0.2) is 59.5 Å². The summed E-state index contributed by atoms with van der Waals surface area (Å²) < 4.78 is 45.5. The van der Waals surface area contributed by atoms with Gasteiger partial charge in [-0.05, 0) is 50.6 Å². The van der Waals surface area contributed by atoms with Crippen molar-refractivity contribution < 1.29 is 22.3 Å². The maximum Gasteiger partial charge on any atom is 0.408 e. The Bertz CT molecular complexity index is 988. The number of halogens is 1. The highest BCUT2D eigenvalue weighted by Crippen LogP contribution is 2.56. The molecule has 1 fully saturated rings. The number of rotatable bonds is 5. The minimum atomic E-state index is -3.83. The van der Waals surface area contributed by atoms with E-state index in [0.717, 1.165) is 0 Å². The maximum absolute atomic E-state index is 13.4. The molecule has 2 aromatic rings. The molecule has 0 heterocycles. The van der Waals surface area contributed by atoms with E-state index in [-0.39, 0.29) is 11.4 Å². The minimum Gasteiger partial charge on any atom is -0.444 e. The minimum absolute atomic E-state index is 0.120. The fraction of sp³-hybridized carbons (Fsp3) is 0.381. The highest BCUT2D eigenvalue weighted by Gasteiger charge is 2.71. The van der Waals surface area contributed by atoms with Gasteiger partial charge in [-0.25, -0.2) is 17.6 Å². The molecule has 3 rings (SSSR count). The average Bonchev–Trinajstić information content (AvgIpc) is 3.31. The third-order valence-electron chi connectivity index (χ3n) is 4.96. The van der Waals surface area contributed by atoms with Crippen LogP contribution >= 0.6 is 0 Å². The highest BCUT2D eigenvalue weighted by molar-refractivity contribution is 7.92. The van der Waals surface area contributed by atoms with Crippen LogP contribution in [0.3, 0.4) is 0 Å². The second kappa shape index (κ2) is 7.42. The summed E-state index contributed by atoms with van der Waals surface area (Å²) in [5, 5.41) is 1.70. The molecule has 0 spiro atoms. The summed E-state index contributed by atoms with van der Waals surface area (Å²) in [6.07, 6.45) is -0.749. The highest BCUT2D eigenvalue weighted by atomic mass is 32.2. The van der Waals surface area contributed by atoms with Gasteiger partial charge >= 0.3 is 6.09 Å². The molecule has 29 heavy (non-hydrogen) atoms. The van der Waals surface area contributed by atoms with Gasteiger partial charge in [0.1, 0.15) is 16.7 Å². The number of nitrogens with two attached hydrogens (primary N) is 1. The summed E-state index contributed by atoms with van der Waals surface area (Å²) >= 11 is 0. The van der Waals surface area contributed by atoms with Crippen molar-refractivity contribution >= 4 is 15.9 Å². The van der Waals surface area contributed by atoms with E-state index >= 15 is 0 Å². The monoisotopic (exact) mass is 420 g/mol. The zero-order valence-corrected chi connectivity index (χ0v) is 17.4. The van der Waals surface area contributed by atoms with Gasteiger partial charge in [0.05, 0.1) is 10.4 Å². The van der Waals surface area contributed by atoms with E-state index < -0.39 is 44.1 Å². The van der Waals surface area contributed by atoms with Crippen LogP contribution in [0.2, 0.25) is 0 Å². The van der Waals surface area contributed by atoms with Crippen LogP contribution in [0, 0.1) is 5.82 Å². The number of hydrogen-bond acceptors (Lipinski definition) is 5. The van der Waals surface area contributed by atoms with Gasteiger partial charge in [0.25, 0.3) is 0 Å². The van der Waals surface area contributed by atoms with Crippen LogP contribution in [0.1, 0.15) is 32.3 Å². The Labute approximate surface area is 170 Å². The van der Waals surface area contributed by atoms with E-state index in [1.54, 1.807) is 39.0 Å². The smallest absolute Gasteiger partial charge is 0.408 e. The van der Waals surface area contributed by atoms with Gasteiger partial charge in [-0.2, -0.15) is 0 Å². The molecule has 1 amide bonds. The van der Waals surface area contributed by atoms with Crippen molar-refractivity contribution in [3.8, 4) is 0 Å². The molecule has 3 atom stereocenters. The largest absolute Gasteiger partial charge is 0.444 e. The van der Waals surface area contributed by atoms with Gasteiger partial charge < -0.3 is 15.8 Å². The van der Waals surface area contributed by atoms with E-state index in [1.165, 1.54) is 36.4 Å². The summed E-state index contributed by atoms with van der Waals surface area (Å²) in [5.74, 6) is -1.07. The molecule has 1 saturated carbocycles. The Kier molecular flexibility index (Phi) is 5.44. The molecule has 3 unspecified atom stereocenters. The van der Waals surface area contributed by atoms with Gasteiger partial charge in [0, 0.05) is 12.5 Å². The molecule has 0 aliphatic heterocycles. The van der Waals surface area contributed by atoms with E-state index in [9.17, 15) is 17.6 Å². The lowest BCUT2D eigenvalue weighted by atomic mass is 10.1. The van der Waals surface area contributed by atoms with E-state index in [4.69, 9.17) is 10.5 Å². The number of nitrogens with one attached hydrogen (secondary N) is 1. The maximum atomic E-state index is 13.4. The van der Waals surface area contributed by atoms with Crippen LogP contribution in [0.5, 0.6) is 0 Å². The number of hydrogen-bond donors (Lipinski definition) is 2. The first-order valence-electron chi connectivity index (χ1n) is 9.27. The Morgan fingerprint density at radius 1 is 1.14 bits per heavy atom. The summed E-state index contributed by atoms with van der Waals surface area (Å²) in [6, 6.07) is 13.5. The molecule has 1 aliphatic rings. The predicted octanol–water partition coefficient (Wildman–Crippen LogP) is 2.99. The van der Waals surface area contributed by atoms with Crippen molar-refractivity contribution in [1.82, 2.24) is 5.32 Å². The van der Waals surface area contributed by atoms with Crippen LogP contribution in [0.25, 0.3) is 0 Å². The summed E-state index contributed by atoms with van der Waals surface area (Å²) in [4.78, 5) is 12.6. The molecule has 1 aliphatic carbocycles. The van der Waals surface area contributed by atoms with Crippen LogP contribution in [0.4, 0.5) is 9.18 Å². The second-order valence-corrected chi connectivity index (χ2v) is 10.2. The molecule has 3 N–H and O–H groups in total. The Hall–Kier alpha value is -2.45. The molecule has 6 nitrogen and oxygen atoms in total. The molecule has 156 valence electrons. The van der Waals surface area contributed by atoms with Gasteiger partial charge in [-0.3, -0.25) is 0 Å². The summed E-state index contributed by atoms with van der Waals surface area (Å²) in [5.41, 5.74) is 4.56. The Morgan fingerprint density at radius 3 is 2.24 bits per heavy atom. The SMILES string of the molecule is CC(C)(C)OC(=O)NC1(CN)C(c2ccc(F)cc2)C1S(=O)(=O)c1ccccc1. The van der Waals surface area contributed by atoms with Crippen molar-refractivity contribution in [3.63, 3.8) is 0 Å². The van der Waals surface area contributed by atoms with Crippen molar-refractivity contribution in [2.45, 2.75) is 48.0 Å². The Morgan fingerprint density at radius 2 is 1.72 bits per heavy atom. The standard InChI is InChI=1S/C21H25FN2O4S/c1-20(2,3)28-19(25)24-21(13-23)17(14-9-11-15(22)12-10-14)18(21)29(26,27)16-7-5-4-6-8-16/h4-12,17-18H,13,23H2,1-3H3,(H,24,25). The first-order valence-corrected chi connectivity index (χ1v) is 10.8. The van der Waals surface area contributed by atoms with E-state index in [1.807, 2.05) is 0 Å². The number of carbonyl (C=O) groups is 1. The fourth-order valence-corrected chi connectivity index (χ4v) is 6.06. The van der Waals surface area contributed by atoms with E-state index in [2.05, 4.69) is 5.32 Å². The molecular formula is C21H25FN2O4S. The second-order valence-electron chi connectivity index (χ2n) is 8.18. The van der Waals surface area contributed by atoms with Crippen molar-refractivity contribution in [3.05, 3.63) is 66.0 Å². The van der Waals surface area contributed by atoms with Crippen molar-refractivity contribution in [2.24, 2.45) is 5.73 Å². The third kappa shape index (κ3) is 4.13. The quantitative estimate of drug-likeness (QED) is 0.775. The van der Waals surface area contributed by atoms with E-state index in [0.29, 0.717) is 5.56 Å². The number of ether oxygens (including phenoxy) is 1. The van der Waals surface area contributed by atoms with Crippen LogP contribution in [-0.4, -0.2) is 37.4 Å². The van der Waals surface area contributed by atoms with Crippen LogP contribution in [-0.2, 0) is 14.6 Å². The number of alkyl carbamates (subject to hydrolysis) is 1. The normalized spacial score (nSPS) is 24.0. The summed E-state index contributed by atoms with van der Waals surface area (Å²) in [6.45, 7) is 5.02. The number of benzene rings is 2. The third-order valence-corrected chi connectivity index (χ3v) is 7.25. The molecule has 2 aromatic carbocycles. The first kappa shape index (κ1) is 21.3. The van der Waals surface area contributed by atoms with Gasteiger partial charge in [0.2, 0.25) is 0 Å². The molecular weight excluding hydrogens is 395 g/mol. The molecule has 0 aromatic heterocycles. The average molecular weight is 421 g/mol. The van der Waals surface area contributed by atoms with Crippen LogP contribution < -0.4 is 11.1 Å². The Balaban J connectivity index is 2.03. The van der Waals surface area contributed by atoms with Gasteiger partial charge in [-0.1, -0.05) is 30.3 Å². The lowest BCUT2D eigenvalue weighted by Gasteiger charge is -2.24. The lowest BCUT2D eigenvalue weighted by molar-refractivity contribution is 0.0497. The number of carbonyl (C=O) groups excluding carboxylic acids is 1. The topological polar surface area (TPSA) is 98.5 Å². The van der Waals surface area contributed by atoms with Crippen molar-refractivity contribution in [2.75, 3.05) is 6.54 Å². The molecule has 0 radical (unpaired) electrons. The van der Waals surface area contributed by atoms with Crippen molar-refractivity contribution in [1.29, 1.82) is 0 Å². The molecule has 0 saturated heterocycles. The zero-order chi connectivity index (χ0) is 21.4.